The summed E-state index contributed by atoms with van der Waals surface area (Å²) in [6, 6.07) is 0. The van der Waals surface area contributed by atoms with Gasteiger partial charge in [0.15, 0.2) is 11.4 Å². The zero-order chi connectivity index (χ0) is 14.2. The first kappa shape index (κ1) is 15.8. The van der Waals surface area contributed by atoms with E-state index in [-0.39, 0.29) is 12.2 Å². The number of hydrogen-bond donors (Lipinski definition) is 1. The monoisotopic (exact) mass is 316 g/mol. The van der Waals surface area contributed by atoms with E-state index in [9.17, 15) is 4.79 Å². The quantitative estimate of drug-likeness (QED) is 0.784. The van der Waals surface area contributed by atoms with E-state index in [0.717, 1.165) is 30.9 Å². The summed E-state index contributed by atoms with van der Waals surface area (Å²) in [7, 11) is 0. The number of aromatic nitrogens is 1. The third-order valence-corrected chi connectivity index (χ3v) is 4.57. The van der Waals surface area contributed by atoms with Crippen molar-refractivity contribution in [2.75, 3.05) is 30.0 Å². The van der Waals surface area contributed by atoms with Crippen LogP contribution in [0.1, 0.15) is 25.0 Å². The Balaban J connectivity index is 1.51. The SMILES string of the molecule is Cc1csc(NC(=O)CSCCO[C@H]2CCCCO2)n1. The molecule has 0 aromatic carbocycles. The van der Waals surface area contributed by atoms with Gasteiger partial charge >= 0.3 is 0 Å². The summed E-state index contributed by atoms with van der Waals surface area (Å²) in [4.78, 5) is 15.8. The molecule has 2 heterocycles. The summed E-state index contributed by atoms with van der Waals surface area (Å²) < 4.78 is 11.1. The van der Waals surface area contributed by atoms with Crippen LogP contribution in [0.3, 0.4) is 0 Å². The third kappa shape index (κ3) is 5.78. The number of nitrogens with one attached hydrogen (secondary N) is 1. The molecule has 20 heavy (non-hydrogen) atoms. The minimum absolute atomic E-state index is 0.0155. The molecule has 1 fully saturated rings. The summed E-state index contributed by atoms with van der Waals surface area (Å²) in [5, 5.41) is 5.37. The molecular weight excluding hydrogens is 296 g/mol. The van der Waals surface area contributed by atoms with Crippen LogP contribution >= 0.6 is 23.1 Å². The zero-order valence-electron chi connectivity index (χ0n) is 11.6. The van der Waals surface area contributed by atoms with Crippen LogP contribution in [0, 0.1) is 6.92 Å². The number of rotatable bonds is 7. The fourth-order valence-corrected chi connectivity index (χ4v) is 3.13. The second kappa shape index (κ2) is 8.61. The van der Waals surface area contributed by atoms with E-state index in [1.807, 2.05) is 12.3 Å². The first-order valence-corrected chi connectivity index (χ1v) is 8.80. The molecule has 7 heteroatoms. The lowest BCUT2D eigenvalue weighted by molar-refractivity contribution is -0.158. The maximum absolute atomic E-state index is 11.7. The molecule has 1 aliphatic rings. The van der Waals surface area contributed by atoms with Crippen LogP contribution in [-0.4, -0.2) is 41.9 Å². The molecule has 1 atom stereocenters. The molecular formula is C13H20N2O3S2. The number of hydrogen-bond acceptors (Lipinski definition) is 6. The molecule has 0 bridgehead atoms. The lowest BCUT2D eigenvalue weighted by atomic mass is 10.2. The van der Waals surface area contributed by atoms with Gasteiger partial charge in [0.05, 0.1) is 18.1 Å². The van der Waals surface area contributed by atoms with Gasteiger partial charge in [-0.25, -0.2) is 4.98 Å². The Labute approximate surface area is 127 Å². The van der Waals surface area contributed by atoms with Crippen molar-refractivity contribution >= 4 is 34.1 Å². The largest absolute Gasteiger partial charge is 0.353 e. The highest BCUT2D eigenvalue weighted by Crippen LogP contribution is 2.16. The van der Waals surface area contributed by atoms with Crippen LogP contribution in [-0.2, 0) is 14.3 Å². The average Bonchev–Trinajstić information content (AvgIpc) is 2.85. The Morgan fingerprint density at radius 2 is 2.55 bits per heavy atom. The summed E-state index contributed by atoms with van der Waals surface area (Å²) in [5.74, 6) is 1.20. The number of aryl methyl sites for hydroxylation is 1. The Morgan fingerprint density at radius 3 is 3.25 bits per heavy atom. The number of carbonyl (C=O) groups is 1. The van der Waals surface area contributed by atoms with Crippen molar-refractivity contribution in [1.29, 1.82) is 0 Å². The third-order valence-electron chi connectivity index (χ3n) is 2.77. The molecule has 2 rings (SSSR count). The number of anilines is 1. The molecule has 0 spiro atoms. The van der Waals surface area contributed by atoms with E-state index in [1.54, 1.807) is 11.8 Å². The van der Waals surface area contributed by atoms with Gasteiger partial charge < -0.3 is 14.8 Å². The first-order valence-electron chi connectivity index (χ1n) is 6.77. The molecule has 1 aromatic heterocycles. The van der Waals surface area contributed by atoms with Crippen LogP contribution < -0.4 is 5.32 Å². The predicted molar refractivity (Wildman–Crippen MR) is 82.3 cm³/mol. The van der Waals surface area contributed by atoms with Gasteiger partial charge in [0.25, 0.3) is 0 Å². The Bertz CT molecular complexity index is 420. The molecule has 112 valence electrons. The van der Waals surface area contributed by atoms with Crippen molar-refractivity contribution in [3.05, 3.63) is 11.1 Å². The van der Waals surface area contributed by atoms with Crippen LogP contribution in [0.15, 0.2) is 5.38 Å². The number of ether oxygens (including phenoxy) is 2. The highest BCUT2D eigenvalue weighted by molar-refractivity contribution is 7.99. The van der Waals surface area contributed by atoms with Crippen LogP contribution in [0.4, 0.5) is 5.13 Å². The van der Waals surface area contributed by atoms with Gasteiger partial charge in [0, 0.05) is 17.7 Å². The molecule has 0 aliphatic carbocycles. The Hall–Kier alpha value is -0.630. The van der Waals surface area contributed by atoms with Gasteiger partial charge in [0.1, 0.15) is 0 Å². The summed E-state index contributed by atoms with van der Waals surface area (Å²) >= 11 is 3.01. The Morgan fingerprint density at radius 1 is 1.65 bits per heavy atom. The number of amides is 1. The van der Waals surface area contributed by atoms with Crippen molar-refractivity contribution in [1.82, 2.24) is 4.98 Å². The van der Waals surface area contributed by atoms with Gasteiger partial charge in [-0.1, -0.05) is 0 Å². The van der Waals surface area contributed by atoms with Crippen LogP contribution in [0.25, 0.3) is 0 Å². The Kier molecular flexibility index (Phi) is 6.78. The van der Waals surface area contributed by atoms with Crippen molar-refractivity contribution in [2.24, 2.45) is 0 Å². The van der Waals surface area contributed by atoms with Crippen molar-refractivity contribution in [2.45, 2.75) is 32.5 Å². The lowest BCUT2D eigenvalue weighted by Gasteiger charge is -2.22. The molecule has 1 saturated heterocycles. The van der Waals surface area contributed by atoms with Crippen molar-refractivity contribution < 1.29 is 14.3 Å². The summed E-state index contributed by atoms with van der Waals surface area (Å²) in [5.41, 5.74) is 0.929. The average molecular weight is 316 g/mol. The van der Waals surface area contributed by atoms with E-state index in [4.69, 9.17) is 9.47 Å². The second-order valence-corrected chi connectivity index (χ2v) is 6.52. The van der Waals surface area contributed by atoms with Crippen LogP contribution in [0.2, 0.25) is 0 Å². The van der Waals surface area contributed by atoms with Crippen molar-refractivity contribution in [3.63, 3.8) is 0 Å². The number of thioether (sulfide) groups is 1. The minimum atomic E-state index is -0.0449. The number of carbonyl (C=O) groups excluding carboxylic acids is 1. The molecule has 1 amide bonds. The van der Waals surface area contributed by atoms with Gasteiger partial charge in [-0.05, 0) is 26.2 Å². The number of thiazole rings is 1. The highest BCUT2D eigenvalue weighted by atomic mass is 32.2. The van der Waals surface area contributed by atoms with Gasteiger partial charge in [0.2, 0.25) is 5.91 Å². The molecule has 0 radical (unpaired) electrons. The normalized spacial score (nSPS) is 18.9. The standard InChI is InChI=1S/C13H20N2O3S2/c1-10-8-20-13(14-10)15-11(16)9-19-7-6-18-12-4-2-3-5-17-12/h8,12H,2-7,9H2,1H3,(H,14,15,16)/t12-/m0/s1. The second-order valence-electron chi connectivity index (χ2n) is 4.56. The fourth-order valence-electron chi connectivity index (χ4n) is 1.81. The molecule has 1 N–H and O–H groups in total. The predicted octanol–water partition coefficient (Wildman–Crippen LogP) is 2.67. The maximum Gasteiger partial charge on any atom is 0.236 e. The molecule has 0 unspecified atom stereocenters. The minimum Gasteiger partial charge on any atom is -0.353 e. The number of nitrogens with zero attached hydrogens (tertiary/aromatic N) is 1. The zero-order valence-corrected chi connectivity index (χ0v) is 13.2. The molecule has 0 saturated carbocycles. The summed E-state index contributed by atoms with van der Waals surface area (Å²) in [6.45, 7) is 3.33. The van der Waals surface area contributed by atoms with Gasteiger partial charge in [-0.3, -0.25) is 4.79 Å². The van der Waals surface area contributed by atoms with E-state index in [0.29, 0.717) is 17.5 Å². The van der Waals surface area contributed by atoms with Gasteiger partial charge in [-0.15, -0.1) is 23.1 Å². The van der Waals surface area contributed by atoms with E-state index < -0.39 is 0 Å². The molecule has 5 nitrogen and oxygen atoms in total. The van der Waals surface area contributed by atoms with E-state index in [2.05, 4.69) is 10.3 Å². The molecule has 1 aliphatic heterocycles. The fraction of sp³-hybridized carbons (Fsp3) is 0.692. The van der Waals surface area contributed by atoms with E-state index in [1.165, 1.54) is 17.8 Å². The van der Waals surface area contributed by atoms with Crippen molar-refractivity contribution in [3.8, 4) is 0 Å². The topological polar surface area (TPSA) is 60.5 Å². The summed E-state index contributed by atoms with van der Waals surface area (Å²) in [6.07, 6.45) is 3.24. The van der Waals surface area contributed by atoms with Gasteiger partial charge in [-0.2, -0.15) is 0 Å². The van der Waals surface area contributed by atoms with E-state index >= 15 is 0 Å². The van der Waals surface area contributed by atoms with Crippen LogP contribution in [0.5, 0.6) is 0 Å². The maximum atomic E-state index is 11.7. The smallest absolute Gasteiger partial charge is 0.236 e. The highest BCUT2D eigenvalue weighted by Gasteiger charge is 2.13. The molecule has 1 aromatic rings. The lowest BCUT2D eigenvalue weighted by Crippen LogP contribution is -2.23. The first-order chi connectivity index (χ1) is 9.74.